The van der Waals surface area contributed by atoms with Gasteiger partial charge in [0.25, 0.3) is 0 Å². The number of aryl methyl sites for hydroxylation is 1. The van der Waals surface area contributed by atoms with Gasteiger partial charge in [-0.2, -0.15) is 5.10 Å². The minimum absolute atomic E-state index is 0.00970. The fourth-order valence-electron chi connectivity index (χ4n) is 3.68. The summed E-state index contributed by atoms with van der Waals surface area (Å²) in [5.74, 6) is 0. The lowest BCUT2D eigenvalue weighted by Gasteiger charge is -2.46. The Bertz CT molecular complexity index is 797. The molecule has 5 nitrogen and oxygen atoms in total. The summed E-state index contributed by atoms with van der Waals surface area (Å²) in [6.45, 7) is 13.4. The molecule has 0 saturated heterocycles. The Morgan fingerprint density at radius 3 is 2.42 bits per heavy atom. The van der Waals surface area contributed by atoms with Crippen LogP contribution < -0.4 is 4.90 Å². The van der Waals surface area contributed by atoms with Gasteiger partial charge in [0.05, 0.1) is 11.8 Å². The third-order valence-corrected chi connectivity index (χ3v) is 4.51. The van der Waals surface area contributed by atoms with Gasteiger partial charge in [-0.25, -0.2) is 4.68 Å². The normalized spacial score (nSPS) is 16.6. The standard InChI is InChI=1S/C19H25N5/c1-13(2)24-18-7-14(3)16(10-22-23-11-20-21-12-23)8-17(18)15(4)9-19(24,5)6/h7-13H,1-6H3/b22-10-. The number of benzene rings is 1. The maximum Gasteiger partial charge on any atom is 0.141 e. The molecule has 5 heteroatoms. The van der Waals surface area contributed by atoms with Crippen LogP contribution in [-0.2, 0) is 0 Å². The largest absolute Gasteiger partial charge is 0.360 e. The Hall–Kier alpha value is -2.43. The van der Waals surface area contributed by atoms with Crippen LogP contribution in [0.2, 0.25) is 0 Å². The second kappa shape index (κ2) is 5.89. The van der Waals surface area contributed by atoms with Gasteiger partial charge in [-0.3, -0.25) is 0 Å². The molecule has 1 aromatic carbocycles. The highest BCUT2D eigenvalue weighted by atomic mass is 15.4. The van der Waals surface area contributed by atoms with E-state index in [2.05, 4.69) is 79.9 Å². The zero-order valence-electron chi connectivity index (χ0n) is 15.3. The van der Waals surface area contributed by atoms with E-state index in [4.69, 9.17) is 0 Å². The Balaban J connectivity index is 2.08. The van der Waals surface area contributed by atoms with Crippen LogP contribution in [0.4, 0.5) is 5.69 Å². The number of hydrogen-bond donors (Lipinski definition) is 0. The monoisotopic (exact) mass is 323 g/mol. The maximum absolute atomic E-state index is 4.39. The van der Waals surface area contributed by atoms with Crippen LogP contribution in [0, 0.1) is 6.92 Å². The first kappa shape index (κ1) is 16.4. The molecule has 0 amide bonds. The number of fused-ring (bicyclic) bond motifs is 1. The van der Waals surface area contributed by atoms with Crippen molar-refractivity contribution in [2.45, 2.75) is 53.1 Å². The second-order valence-corrected chi connectivity index (χ2v) is 7.26. The molecule has 0 spiro atoms. The summed E-state index contributed by atoms with van der Waals surface area (Å²) < 4.78 is 1.60. The van der Waals surface area contributed by atoms with Crippen molar-refractivity contribution in [2.75, 3.05) is 4.90 Å². The molecule has 126 valence electrons. The molecule has 0 aliphatic carbocycles. The Morgan fingerprint density at radius 1 is 1.12 bits per heavy atom. The average Bonchev–Trinajstić information content (AvgIpc) is 2.97. The topological polar surface area (TPSA) is 46.3 Å². The van der Waals surface area contributed by atoms with Crippen molar-refractivity contribution < 1.29 is 0 Å². The SMILES string of the molecule is CC1=CC(C)(C)N(C(C)C)c2cc(C)c(/C=N\n3cnnc3)cc21. The molecule has 2 aromatic rings. The predicted octanol–water partition coefficient (Wildman–Crippen LogP) is 3.88. The van der Waals surface area contributed by atoms with E-state index in [0.29, 0.717) is 6.04 Å². The maximum atomic E-state index is 4.39. The molecule has 0 fully saturated rings. The third-order valence-electron chi connectivity index (χ3n) is 4.51. The summed E-state index contributed by atoms with van der Waals surface area (Å²) in [6, 6.07) is 4.94. The molecule has 0 saturated carbocycles. The van der Waals surface area contributed by atoms with Crippen LogP contribution in [0.1, 0.15) is 51.3 Å². The molecule has 0 atom stereocenters. The highest BCUT2D eigenvalue weighted by molar-refractivity contribution is 5.89. The van der Waals surface area contributed by atoms with E-state index in [-0.39, 0.29) is 5.54 Å². The van der Waals surface area contributed by atoms with E-state index in [1.54, 1.807) is 17.3 Å². The molecular formula is C19H25N5. The van der Waals surface area contributed by atoms with E-state index in [9.17, 15) is 0 Å². The lowest BCUT2D eigenvalue weighted by Crippen LogP contribution is -2.49. The minimum atomic E-state index is 0.00970. The Kier molecular flexibility index (Phi) is 4.03. The lowest BCUT2D eigenvalue weighted by molar-refractivity contribution is 0.507. The number of allylic oxidation sites excluding steroid dienone is 1. The zero-order valence-corrected chi connectivity index (χ0v) is 15.3. The van der Waals surface area contributed by atoms with Crippen molar-refractivity contribution in [1.29, 1.82) is 0 Å². The van der Waals surface area contributed by atoms with Crippen LogP contribution in [0.15, 0.2) is 36.0 Å². The number of anilines is 1. The quantitative estimate of drug-likeness (QED) is 0.805. The molecule has 0 radical (unpaired) electrons. The first-order valence-electron chi connectivity index (χ1n) is 8.32. The summed E-state index contributed by atoms with van der Waals surface area (Å²) in [6.07, 6.45) is 7.38. The molecule has 0 unspecified atom stereocenters. The number of rotatable bonds is 3. The summed E-state index contributed by atoms with van der Waals surface area (Å²) in [7, 11) is 0. The molecule has 1 aromatic heterocycles. The van der Waals surface area contributed by atoms with Gasteiger partial charge in [-0.05, 0) is 70.4 Å². The molecule has 24 heavy (non-hydrogen) atoms. The Morgan fingerprint density at radius 2 is 1.79 bits per heavy atom. The molecule has 0 bridgehead atoms. The van der Waals surface area contributed by atoms with Crippen LogP contribution in [0.25, 0.3) is 5.57 Å². The van der Waals surface area contributed by atoms with Crippen molar-refractivity contribution in [3.63, 3.8) is 0 Å². The van der Waals surface area contributed by atoms with Gasteiger partial charge >= 0.3 is 0 Å². The Labute approximate surface area is 143 Å². The average molecular weight is 323 g/mol. The first-order valence-corrected chi connectivity index (χ1v) is 8.32. The van der Waals surface area contributed by atoms with Gasteiger partial charge in [0.2, 0.25) is 0 Å². The van der Waals surface area contributed by atoms with Crippen LogP contribution in [0.3, 0.4) is 0 Å². The fourth-order valence-corrected chi connectivity index (χ4v) is 3.68. The van der Waals surface area contributed by atoms with Crippen molar-refractivity contribution >= 4 is 17.5 Å². The minimum Gasteiger partial charge on any atom is -0.360 e. The van der Waals surface area contributed by atoms with E-state index >= 15 is 0 Å². The van der Waals surface area contributed by atoms with E-state index in [1.807, 2.05) is 6.21 Å². The van der Waals surface area contributed by atoms with E-state index in [0.717, 1.165) is 5.56 Å². The summed E-state index contributed by atoms with van der Waals surface area (Å²) in [4.78, 5) is 2.49. The number of hydrogen-bond acceptors (Lipinski definition) is 4. The van der Waals surface area contributed by atoms with Gasteiger partial charge in [-0.1, -0.05) is 6.08 Å². The number of nitrogens with zero attached hydrogens (tertiary/aromatic N) is 5. The fraction of sp³-hybridized carbons (Fsp3) is 0.421. The predicted molar refractivity (Wildman–Crippen MR) is 99.5 cm³/mol. The first-order chi connectivity index (χ1) is 11.3. The molecule has 2 heterocycles. The van der Waals surface area contributed by atoms with E-state index < -0.39 is 0 Å². The summed E-state index contributed by atoms with van der Waals surface area (Å²) in [5.41, 5.74) is 6.22. The summed E-state index contributed by atoms with van der Waals surface area (Å²) >= 11 is 0. The molecule has 1 aliphatic heterocycles. The highest BCUT2D eigenvalue weighted by Gasteiger charge is 2.33. The van der Waals surface area contributed by atoms with Gasteiger partial charge in [-0.15, -0.1) is 10.2 Å². The molecule has 3 rings (SSSR count). The van der Waals surface area contributed by atoms with Gasteiger partial charge in [0, 0.05) is 17.3 Å². The zero-order chi connectivity index (χ0) is 17.5. The van der Waals surface area contributed by atoms with E-state index in [1.165, 1.54) is 22.4 Å². The molecular weight excluding hydrogens is 298 g/mol. The third kappa shape index (κ3) is 2.86. The van der Waals surface area contributed by atoms with Crippen molar-refractivity contribution in [1.82, 2.24) is 14.9 Å². The van der Waals surface area contributed by atoms with Crippen molar-refractivity contribution in [3.05, 3.63) is 47.6 Å². The van der Waals surface area contributed by atoms with Crippen LogP contribution in [0.5, 0.6) is 0 Å². The van der Waals surface area contributed by atoms with Crippen molar-refractivity contribution in [3.8, 4) is 0 Å². The number of aromatic nitrogens is 3. The summed E-state index contributed by atoms with van der Waals surface area (Å²) in [5, 5.41) is 11.9. The van der Waals surface area contributed by atoms with Gasteiger partial charge in [0.15, 0.2) is 0 Å². The molecule has 0 N–H and O–H groups in total. The second-order valence-electron chi connectivity index (χ2n) is 7.26. The lowest BCUT2D eigenvalue weighted by atomic mass is 9.86. The highest BCUT2D eigenvalue weighted by Crippen LogP contribution is 2.41. The van der Waals surface area contributed by atoms with Crippen LogP contribution >= 0.6 is 0 Å². The molecule has 1 aliphatic rings. The smallest absolute Gasteiger partial charge is 0.141 e. The van der Waals surface area contributed by atoms with Gasteiger partial charge in [0.1, 0.15) is 12.7 Å². The van der Waals surface area contributed by atoms with Crippen LogP contribution in [-0.4, -0.2) is 32.7 Å². The van der Waals surface area contributed by atoms with Gasteiger partial charge < -0.3 is 4.90 Å². The van der Waals surface area contributed by atoms with Crippen molar-refractivity contribution in [2.24, 2.45) is 5.10 Å².